The van der Waals surface area contributed by atoms with Crippen LogP contribution in [0.2, 0.25) is 10.0 Å². The fourth-order valence-electron chi connectivity index (χ4n) is 2.47. The van der Waals surface area contributed by atoms with Gasteiger partial charge in [-0.15, -0.1) is 0 Å². The van der Waals surface area contributed by atoms with Crippen molar-refractivity contribution < 1.29 is 14.3 Å². The Bertz CT molecular complexity index is 647. The van der Waals surface area contributed by atoms with Crippen LogP contribution in [0.4, 0.5) is 0 Å². The number of ether oxygens (including phenoxy) is 2. The molecule has 1 saturated heterocycles. The van der Waals surface area contributed by atoms with Crippen LogP contribution in [0.25, 0.3) is 0 Å². The molecule has 8 heteroatoms. The number of carbonyl (C=O) groups excluding carboxylic acids is 1. The first-order chi connectivity index (χ1) is 13.0. The second kappa shape index (κ2) is 11.5. The van der Waals surface area contributed by atoms with Crippen molar-refractivity contribution in [3.8, 4) is 0 Å². The Hall–Kier alpha value is -1.34. The lowest BCUT2D eigenvalue weighted by atomic mass is 10.2. The number of amidine groups is 1. The lowest BCUT2D eigenvalue weighted by molar-refractivity contribution is 0.0377. The number of halogens is 2. The van der Waals surface area contributed by atoms with E-state index < -0.39 is 0 Å². The fourth-order valence-corrected chi connectivity index (χ4v) is 2.77. The van der Waals surface area contributed by atoms with Crippen LogP contribution in [0.15, 0.2) is 23.2 Å². The number of carbonyl (C=O) groups is 1. The molecule has 0 radical (unpaired) electrons. The molecule has 1 fully saturated rings. The number of nitrogens with zero attached hydrogens (tertiary/aromatic N) is 2. The number of hydrogen-bond acceptors (Lipinski definition) is 5. The summed E-state index contributed by atoms with van der Waals surface area (Å²) in [6.07, 6.45) is 0.886. The van der Waals surface area contributed by atoms with Crippen LogP contribution in [0.1, 0.15) is 30.6 Å². The predicted molar refractivity (Wildman–Crippen MR) is 109 cm³/mol. The molecule has 27 heavy (non-hydrogen) atoms. The summed E-state index contributed by atoms with van der Waals surface area (Å²) in [4.78, 5) is 19.2. The van der Waals surface area contributed by atoms with Crippen LogP contribution in [0, 0.1) is 5.92 Å². The number of nitrogens with one attached hydrogen (secondary N) is 1. The molecule has 1 aromatic rings. The molecule has 1 N–H and O–H groups in total. The molecule has 1 heterocycles. The molecule has 0 bridgehead atoms. The van der Waals surface area contributed by atoms with Crippen LogP contribution in [0.5, 0.6) is 0 Å². The van der Waals surface area contributed by atoms with Crippen molar-refractivity contribution >= 4 is 35.1 Å². The van der Waals surface area contributed by atoms with E-state index in [4.69, 9.17) is 32.7 Å². The number of aliphatic imine (C=N–C) groups is 1. The standard InChI is InChI=1S/C19H27Cl2N3O3/c1-14(2)13-27-19(22-6-3-7-24-8-10-26-11-9-24)23-18(25)15-4-5-16(20)17(21)12-15/h4-5,12,14H,3,6-11,13H2,1-2H3,(H,22,23,25). The molecule has 6 nitrogen and oxygen atoms in total. The quantitative estimate of drug-likeness (QED) is 0.420. The van der Waals surface area contributed by atoms with Gasteiger partial charge in [-0.2, -0.15) is 0 Å². The van der Waals surface area contributed by atoms with Crippen molar-refractivity contribution in [1.82, 2.24) is 10.2 Å². The van der Waals surface area contributed by atoms with Crippen LogP contribution in [0.3, 0.4) is 0 Å². The van der Waals surface area contributed by atoms with Crippen LogP contribution >= 0.6 is 23.2 Å². The smallest absolute Gasteiger partial charge is 0.291 e. The zero-order valence-electron chi connectivity index (χ0n) is 15.8. The lowest BCUT2D eigenvalue weighted by Gasteiger charge is -2.26. The predicted octanol–water partition coefficient (Wildman–Crippen LogP) is 3.47. The third kappa shape index (κ3) is 8.05. The number of rotatable bonds is 7. The van der Waals surface area contributed by atoms with Gasteiger partial charge in [0.2, 0.25) is 0 Å². The topological polar surface area (TPSA) is 63.2 Å². The summed E-state index contributed by atoms with van der Waals surface area (Å²) in [6.45, 7) is 9.55. The Balaban J connectivity index is 1.90. The maximum Gasteiger partial charge on any atom is 0.291 e. The van der Waals surface area contributed by atoms with Gasteiger partial charge in [-0.1, -0.05) is 37.0 Å². The number of hydrogen-bond donors (Lipinski definition) is 1. The maximum absolute atomic E-state index is 12.4. The molecule has 0 aliphatic carbocycles. The van der Waals surface area contributed by atoms with Crippen molar-refractivity contribution in [3.63, 3.8) is 0 Å². The maximum atomic E-state index is 12.4. The van der Waals surface area contributed by atoms with E-state index in [1.807, 2.05) is 13.8 Å². The Labute approximate surface area is 170 Å². The molecule has 0 atom stereocenters. The van der Waals surface area contributed by atoms with E-state index in [2.05, 4.69) is 15.2 Å². The van der Waals surface area contributed by atoms with E-state index in [1.165, 1.54) is 6.07 Å². The van der Waals surface area contributed by atoms with E-state index in [1.54, 1.807) is 12.1 Å². The summed E-state index contributed by atoms with van der Waals surface area (Å²) in [6, 6.07) is 4.97. The summed E-state index contributed by atoms with van der Waals surface area (Å²) in [5.41, 5.74) is 0.401. The highest BCUT2D eigenvalue weighted by atomic mass is 35.5. The second-order valence-corrected chi connectivity index (χ2v) is 7.60. The fraction of sp³-hybridized carbons (Fsp3) is 0.579. The van der Waals surface area contributed by atoms with Gasteiger partial charge in [0.05, 0.1) is 29.9 Å². The number of morpholine rings is 1. The highest BCUT2D eigenvalue weighted by molar-refractivity contribution is 6.42. The zero-order chi connectivity index (χ0) is 19.6. The van der Waals surface area contributed by atoms with E-state index in [0.29, 0.717) is 34.7 Å². The Kier molecular flexibility index (Phi) is 9.34. The van der Waals surface area contributed by atoms with Crippen LogP contribution < -0.4 is 5.32 Å². The van der Waals surface area contributed by atoms with E-state index in [0.717, 1.165) is 39.3 Å². The number of benzene rings is 1. The summed E-state index contributed by atoms with van der Waals surface area (Å²) in [5, 5.41) is 3.46. The van der Waals surface area contributed by atoms with Gasteiger partial charge >= 0.3 is 0 Å². The molecule has 150 valence electrons. The first kappa shape index (κ1) is 22.0. The molecule has 1 aromatic carbocycles. The normalized spacial score (nSPS) is 15.8. The van der Waals surface area contributed by atoms with E-state index >= 15 is 0 Å². The average Bonchev–Trinajstić information content (AvgIpc) is 2.65. The van der Waals surface area contributed by atoms with Crippen LogP contribution in [-0.2, 0) is 9.47 Å². The van der Waals surface area contributed by atoms with Gasteiger partial charge in [-0.3, -0.25) is 15.0 Å². The van der Waals surface area contributed by atoms with Gasteiger partial charge in [0.15, 0.2) is 0 Å². The molecule has 0 saturated carbocycles. The van der Waals surface area contributed by atoms with Crippen molar-refractivity contribution in [3.05, 3.63) is 33.8 Å². The molecular formula is C19H27Cl2N3O3. The minimum Gasteiger partial charge on any atom is -0.465 e. The molecule has 0 spiro atoms. The molecule has 1 aliphatic rings. The third-order valence-electron chi connectivity index (χ3n) is 3.95. The molecular weight excluding hydrogens is 389 g/mol. The zero-order valence-corrected chi connectivity index (χ0v) is 17.4. The van der Waals surface area contributed by atoms with Gasteiger partial charge in [0.25, 0.3) is 11.9 Å². The summed E-state index contributed by atoms with van der Waals surface area (Å²) >= 11 is 11.9. The first-order valence-corrected chi connectivity index (χ1v) is 9.95. The first-order valence-electron chi connectivity index (χ1n) is 9.19. The van der Waals surface area contributed by atoms with Gasteiger partial charge in [-0.05, 0) is 30.5 Å². The monoisotopic (exact) mass is 415 g/mol. The molecule has 1 amide bonds. The minimum absolute atomic E-state index is 0.238. The second-order valence-electron chi connectivity index (χ2n) is 6.78. The molecule has 0 aromatic heterocycles. The van der Waals surface area contributed by atoms with Gasteiger partial charge < -0.3 is 9.47 Å². The molecule has 2 rings (SSSR count). The highest BCUT2D eigenvalue weighted by Gasteiger charge is 2.13. The molecule has 0 unspecified atom stereocenters. The van der Waals surface area contributed by atoms with Crippen molar-refractivity contribution in [1.29, 1.82) is 0 Å². The van der Waals surface area contributed by atoms with Gasteiger partial charge in [0.1, 0.15) is 0 Å². The minimum atomic E-state index is -0.329. The number of amides is 1. The molecule has 1 aliphatic heterocycles. The Morgan fingerprint density at radius 3 is 2.70 bits per heavy atom. The summed E-state index contributed by atoms with van der Waals surface area (Å²) in [5.74, 6) is -0.00493. The van der Waals surface area contributed by atoms with Crippen LogP contribution in [-0.4, -0.2) is 62.8 Å². The average molecular weight is 416 g/mol. The van der Waals surface area contributed by atoms with Crippen molar-refractivity contribution in [2.45, 2.75) is 20.3 Å². The van der Waals surface area contributed by atoms with Crippen molar-refractivity contribution in [2.24, 2.45) is 10.9 Å². The summed E-state index contributed by atoms with van der Waals surface area (Å²) in [7, 11) is 0. The lowest BCUT2D eigenvalue weighted by Crippen LogP contribution is -2.37. The summed E-state index contributed by atoms with van der Waals surface area (Å²) < 4.78 is 11.0. The van der Waals surface area contributed by atoms with Gasteiger partial charge in [0, 0.05) is 31.7 Å². The van der Waals surface area contributed by atoms with Gasteiger partial charge in [-0.25, -0.2) is 4.99 Å². The van der Waals surface area contributed by atoms with E-state index in [-0.39, 0.29) is 11.9 Å². The highest BCUT2D eigenvalue weighted by Crippen LogP contribution is 2.22. The van der Waals surface area contributed by atoms with Crippen molar-refractivity contribution in [2.75, 3.05) is 46.0 Å². The largest absolute Gasteiger partial charge is 0.465 e. The third-order valence-corrected chi connectivity index (χ3v) is 4.69. The Morgan fingerprint density at radius 2 is 2.04 bits per heavy atom. The Morgan fingerprint density at radius 1 is 1.30 bits per heavy atom. The van der Waals surface area contributed by atoms with E-state index in [9.17, 15) is 4.79 Å². The SMILES string of the molecule is CC(C)COC(=NCCCN1CCOCC1)NC(=O)c1ccc(Cl)c(Cl)c1.